The minimum atomic E-state index is -3.53. The number of H-pyrrole nitrogens is 1. The number of nitrogens with one attached hydrogen (secondary N) is 3. The minimum Gasteiger partial charge on any atom is -0.371 e. The molecule has 0 unspecified atom stereocenters. The Kier molecular flexibility index (Phi) is 4.30. The van der Waals surface area contributed by atoms with Gasteiger partial charge in [-0.1, -0.05) is 13.8 Å². The average molecular weight is 414 g/mol. The van der Waals surface area contributed by atoms with Gasteiger partial charge in [-0.3, -0.25) is 9.59 Å². The van der Waals surface area contributed by atoms with Crippen LogP contribution in [0.25, 0.3) is 22.0 Å². The summed E-state index contributed by atoms with van der Waals surface area (Å²) in [6, 6.07) is 4.38. The van der Waals surface area contributed by atoms with Crippen LogP contribution in [0.2, 0.25) is 0 Å². The van der Waals surface area contributed by atoms with Gasteiger partial charge in [0.05, 0.1) is 16.3 Å². The van der Waals surface area contributed by atoms with Crippen LogP contribution < -0.4 is 16.2 Å². The van der Waals surface area contributed by atoms with Gasteiger partial charge in [0, 0.05) is 42.2 Å². The van der Waals surface area contributed by atoms with Crippen LogP contribution in [0.15, 0.2) is 40.3 Å². The van der Waals surface area contributed by atoms with Gasteiger partial charge >= 0.3 is 0 Å². The molecule has 0 spiro atoms. The van der Waals surface area contributed by atoms with E-state index < -0.39 is 15.9 Å². The Hall–Kier alpha value is -3.07. The van der Waals surface area contributed by atoms with Gasteiger partial charge in [0.15, 0.2) is 9.84 Å². The summed E-state index contributed by atoms with van der Waals surface area (Å²) < 4.78 is 26.0. The highest BCUT2D eigenvalue weighted by Crippen LogP contribution is 2.42. The van der Waals surface area contributed by atoms with Crippen molar-refractivity contribution in [2.75, 3.05) is 16.9 Å². The molecule has 29 heavy (non-hydrogen) atoms. The molecule has 0 saturated heterocycles. The maximum atomic E-state index is 12.5. The normalized spacial score (nSPS) is 16.6. The number of hydrogen-bond donors (Lipinski definition) is 3. The van der Waals surface area contributed by atoms with Crippen molar-refractivity contribution < 1.29 is 13.2 Å². The number of hydrogen-bond acceptors (Lipinski definition) is 5. The van der Waals surface area contributed by atoms with Crippen molar-refractivity contribution in [3.8, 4) is 11.1 Å². The van der Waals surface area contributed by atoms with Crippen LogP contribution in [0.4, 0.5) is 11.4 Å². The maximum absolute atomic E-state index is 12.5. The third kappa shape index (κ3) is 3.11. The van der Waals surface area contributed by atoms with E-state index in [9.17, 15) is 18.0 Å². The van der Waals surface area contributed by atoms with E-state index in [-0.39, 0.29) is 22.3 Å². The highest BCUT2D eigenvalue weighted by Gasteiger charge is 2.31. The molecule has 152 valence electrons. The molecule has 0 radical (unpaired) electrons. The lowest BCUT2D eigenvalue weighted by Crippen LogP contribution is -2.42. The molecule has 2 aromatic heterocycles. The fourth-order valence-corrected chi connectivity index (χ4v) is 4.34. The predicted octanol–water partition coefficient (Wildman–Crippen LogP) is 2.33. The summed E-state index contributed by atoms with van der Waals surface area (Å²) in [4.78, 5) is 28.0. The molecule has 1 amide bonds. The van der Waals surface area contributed by atoms with Gasteiger partial charge in [-0.2, -0.15) is 0 Å². The number of benzene rings is 1. The molecule has 3 heterocycles. The molecule has 8 nitrogen and oxygen atoms in total. The van der Waals surface area contributed by atoms with Crippen LogP contribution >= 0.6 is 0 Å². The number of amides is 1. The van der Waals surface area contributed by atoms with Crippen LogP contribution in [-0.4, -0.2) is 36.2 Å². The van der Waals surface area contributed by atoms with Gasteiger partial charge in [0.1, 0.15) is 11.6 Å². The number of fused-ring (bicyclic) bond motifs is 2. The molecule has 3 aromatic rings. The van der Waals surface area contributed by atoms with Crippen molar-refractivity contribution in [2.45, 2.75) is 24.8 Å². The molecule has 1 aliphatic rings. The fraction of sp³-hybridized carbons (Fsp3) is 0.300. The smallest absolute Gasteiger partial charge is 0.274 e. The molecule has 3 N–H and O–H groups in total. The number of aromatic nitrogens is 2. The number of nitrogens with zero attached hydrogens (tertiary/aromatic N) is 1. The zero-order chi connectivity index (χ0) is 21.1. The van der Waals surface area contributed by atoms with E-state index in [2.05, 4.69) is 15.6 Å². The first-order chi connectivity index (χ1) is 13.6. The summed E-state index contributed by atoms with van der Waals surface area (Å²) in [6.45, 7) is 3.87. The van der Waals surface area contributed by atoms with Crippen LogP contribution in [-0.2, 0) is 21.7 Å². The number of pyridine rings is 1. The first kappa shape index (κ1) is 19.3. The molecule has 0 aliphatic carbocycles. The van der Waals surface area contributed by atoms with Crippen LogP contribution in [0.3, 0.4) is 0 Å². The lowest BCUT2D eigenvalue weighted by molar-refractivity contribution is -0.117. The van der Waals surface area contributed by atoms with Gasteiger partial charge in [0.25, 0.3) is 5.56 Å². The van der Waals surface area contributed by atoms with Crippen LogP contribution in [0.5, 0.6) is 0 Å². The lowest BCUT2D eigenvalue weighted by atomic mass is 9.95. The summed E-state index contributed by atoms with van der Waals surface area (Å²) in [5.74, 6) is -0.186. The monoisotopic (exact) mass is 414 g/mol. The molecular formula is C20H22N4O4S. The van der Waals surface area contributed by atoms with Gasteiger partial charge in [0.2, 0.25) is 5.91 Å². The summed E-state index contributed by atoms with van der Waals surface area (Å²) in [5.41, 5.74) is 2.59. The van der Waals surface area contributed by atoms with Crippen molar-refractivity contribution in [3.63, 3.8) is 0 Å². The Bertz CT molecular complexity index is 1320. The van der Waals surface area contributed by atoms with Crippen LogP contribution in [0.1, 0.15) is 13.8 Å². The standard InChI is InChI=1S/C20H22N4O4S/c1-10(2)16-19(25)22-15-8-11(29(4,27)28)7-13(17(15)23-16)14-9-24(3)20(26)18-12(14)5-6-21-18/h5-10,16,21,23H,1-4H3,(H,22,25)/t16-/m1/s1. The van der Waals surface area contributed by atoms with E-state index in [1.54, 1.807) is 31.6 Å². The molecule has 1 aliphatic heterocycles. The fourth-order valence-electron chi connectivity index (χ4n) is 3.68. The van der Waals surface area contributed by atoms with Gasteiger partial charge in [-0.25, -0.2) is 8.42 Å². The largest absolute Gasteiger partial charge is 0.371 e. The number of aromatic amines is 1. The number of carbonyl (C=O) groups excluding carboxylic acids is 1. The Morgan fingerprint density at radius 2 is 1.86 bits per heavy atom. The van der Waals surface area contributed by atoms with Crippen molar-refractivity contribution in [1.82, 2.24) is 9.55 Å². The third-order valence-corrected chi connectivity index (χ3v) is 6.32. The van der Waals surface area contributed by atoms with Crippen LogP contribution in [0, 0.1) is 5.92 Å². The Morgan fingerprint density at radius 1 is 1.14 bits per heavy atom. The maximum Gasteiger partial charge on any atom is 0.274 e. The van der Waals surface area contributed by atoms with Crippen molar-refractivity contribution >= 4 is 38.0 Å². The molecule has 0 bridgehead atoms. The summed E-state index contributed by atoms with van der Waals surface area (Å²) in [6.07, 6.45) is 4.48. The number of aryl methyl sites for hydroxylation is 1. The minimum absolute atomic E-state index is 0.0259. The van der Waals surface area contributed by atoms with E-state index >= 15 is 0 Å². The summed E-state index contributed by atoms with van der Waals surface area (Å²) in [5, 5.41) is 6.80. The molecule has 1 aromatic carbocycles. The molecule has 9 heteroatoms. The first-order valence-electron chi connectivity index (χ1n) is 9.20. The number of carbonyl (C=O) groups is 1. The highest BCUT2D eigenvalue weighted by molar-refractivity contribution is 7.90. The average Bonchev–Trinajstić information content (AvgIpc) is 3.12. The Labute approximate surface area is 167 Å². The second kappa shape index (κ2) is 6.48. The predicted molar refractivity (Wildman–Crippen MR) is 113 cm³/mol. The Morgan fingerprint density at radius 3 is 2.52 bits per heavy atom. The molecular weight excluding hydrogens is 392 g/mol. The van der Waals surface area contributed by atoms with E-state index in [0.29, 0.717) is 33.4 Å². The van der Waals surface area contributed by atoms with E-state index in [0.717, 1.165) is 6.26 Å². The zero-order valence-electron chi connectivity index (χ0n) is 16.5. The van der Waals surface area contributed by atoms with Crippen molar-refractivity contribution in [1.29, 1.82) is 0 Å². The zero-order valence-corrected chi connectivity index (χ0v) is 17.3. The topological polar surface area (TPSA) is 113 Å². The highest BCUT2D eigenvalue weighted by atomic mass is 32.2. The second-order valence-corrected chi connectivity index (χ2v) is 9.76. The lowest BCUT2D eigenvalue weighted by Gasteiger charge is -2.31. The number of anilines is 2. The molecule has 4 rings (SSSR count). The Balaban J connectivity index is 2.08. The van der Waals surface area contributed by atoms with E-state index in [1.165, 1.54) is 10.6 Å². The van der Waals surface area contributed by atoms with Crippen molar-refractivity contribution in [2.24, 2.45) is 13.0 Å². The quantitative estimate of drug-likeness (QED) is 0.609. The molecule has 1 atom stereocenters. The summed E-state index contributed by atoms with van der Waals surface area (Å²) >= 11 is 0. The first-order valence-corrected chi connectivity index (χ1v) is 11.1. The SMILES string of the molecule is CC(C)[C@H]1Nc2c(cc(S(C)(=O)=O)cc2-c2cn(C)c(=O)c3[nH]ccc23)NC1=O. The van der Waals surface area contributed by atoms with Gasteiger partial charge in [-0.05, 0) is 24.1 Å². The summed E-state index contributed by atoms with van der Waals surface area (Å²) in [7, 11) is -1.88. The number of rotatable bonds is 3. The molecule has 0 saturated carbocycles. The van der Waals surface area contributed by atoms with E-state index in [1.807, 2.05) is 13.8 Å². The third-order valence-electron chi connectivity index (χ3n) is 5.23. The molecule has 0 fully saturated rings. The van der Waals surface area contributed by atoms with Gasteiger partial charge < -0.3 is 20.2 Å². The number of sulfone groups is 1. The second-order valence-electron chi connectivity index (χ2n) is 7.75. The van der Waals surface area contributed by atoms with Crippen molar-refractivity contribution in [3.05, 3.63) is 40.9 Å². The van der Waals surface area contributed by atoms with E-state index in [4.69, 9.17) is 0 Å². The van der Waals surface area contributed by atoms with Gasteiger partial charge in [-0.15, -0.1) is 0 Å².